The molecule has 4 nitrogen and oxygen atoms in total. The Balaban J connectivity index is 0.00000288. The summed E-state index contributed by atoms with van der Waals surface area (Å²) in [5, 5.41) is 2.90. The molecular formula is C19H25ClN2O2. The number of hydrogen-bond acceptors (Lipinski definition) is 3. The molecule has 0 aliphatic rings. The van der Waals surface area contributed by atoms with E-state index in [0.717, 1.165) is 18.4 Å². The first-order valence-corrected chi connectivity index (χ1v) is 7.97. The molecule has 0 aliphatic heterocycles. The molecule has 24 heavy (non-hydrogen) atoms. The van der Waals surface area contributed by atoms with Gasteiger partial charge in [0.1, 0.15) is 0 Å². The van der Waals surface area contributed by atoms with Crippen LogP contribution in [0.5, 0.6) is 0 Å². The van der Waals surface area contributed by atoms with Crippen molar-refractivity contribution < 1.29 is 9.53 Å². The summed E-state index contributed by atoms with van der Waals surface area (Å²) in [5.74, 6) is 0.0269. The van der Waals surface area contributed by atoms with Crippen LogP contribution in [0.3, 0.4) is 0 Å². The predicted octanol–water partition coefficient (Wildman–Crippen LogP) is 3.00. The summed E-state index contributed by atoms with van der Waals surface area (Å²) in [4.78, 5) is 11.8. The van der Waals surface area contributed by atoms with Gasteiger partial charge in [-0.05, 0) is 36.1 Å². The van der Waals surface area contributed by atoms with Crippen molar-refractivity contribution in [2.24, 2.45) is 0 Å². The molecule has 0 unspecified atom stereocenters. The molecule has 0 spiro atoms. The number of carbonyl (C=O) groups is 1. The van der Waals surface area contributed by atoms with Crippen LogP contribution in [0.4, 0.5) is 5.69 Å². The Labute approximate surface area is 149 Å². The minimum Gasteiger partial charge on any atom is -0.399 e. The number of nitrogens with one attached hydrogen (secondary N) is 1. The van der Waals surface area contributed by atoms with E-state index in [2.05, 4.69) is 17.4 Å². The van der Waals surface area contributed by atoms with E-state index in [-0.39, 0.29) is 18.3 Å². The van der Waals surface area contributed by atoms with Gasteiger partial charge in [0.25, 0.3) is 0 Å². The maximum absolute atomic E-state index is 11.8. The first-order valence-electron chi connectivity index (χ1n) is 7.97. The molecule has 0 heterocycles. The number of ether oxygens (including phenoxy) is 1. The maximum Gasteiger partial charge on any atom is 0.224 e. The fourth-order valence-corrected chi connectivity index (χ4v) is 2.22. The van der Waals surface area contributed by atoms with Gasteiger partial charge in [-0.3, -0.25) is 4.79 Å². The molecule has 0 fully saturated rings. The van der Waals surface area contributed by atoms with Gasteiger partial charge in [0.2, 0.25) is 5.91 Å². The average Bonchev–Trinajstić information content (AvgIpc) is 2.57. The summed E-state index contributed by atoms with van der Waals surface area (Å²) in [5.41, 5.74) is 8.58. The summed E-state index contributed by atoms with van der Waals surface area (Å²) in [6.45, 7) is 2.01. The molecule has 1 amide bonds. The van der Waals surface area contributed by atoms with Crippen LogP contribution in [0.15, 0.2) is 54.6 Å². The quantitative estimate of drug-likeness (QED) is 0.541. The number of hydrogen-bond donors (Lipinski definition) is 2. The van der Waals surface area contributed by atoms with Gasteiger partial charge in [0, 0.05) is 18.8 Å². The van der Waals surface area contributed by atoms with Gasteiger partial charge >= 0.3 is 0 Å². The number of nitrogen functional groups attached to an aromatic ring is 1. The molecule has 0 atom stereocenters. The van der Waals surface area contributed by atoms with Crippen molar-refractivity contribution in [1.29, 1.82) is 0 Å². The third kappa shape index (κ3) is 7.99. The Morgan fingerprint density at radius 3 is 2.38 bits per heavy atom. The number of rotatable bonds is 9. The SMILES string of the molecule is Cl.Nc1ccc(CC(=O)NCCCOCCc2ccccc2)cc1. The maximum atomic E-state index is 11.8. The van der Waals surface area contributed by atoms with Crippen molar-refractivity contribution in [1.82, 2.24) is 5.32 Å². The van der Waals surface area contributed by atoms with Gasteiger partial charge in [0.15, 0.2) is 0 Å². The van der Waals surface area contributed by atoms with Gasteiger partial charge < -0.3 is 15.8 Å². The smallest absolute Gasteiger partial charge is 0.224 e. The Bertz CT molecular complexity index is 588. The summed E-state index contributed by atoms with van der Waals surface area (Å²) in [6, 6.07) is 17.6. The van der Waals surface area contributed by atoms with E-state index in [9.17, 15) is 4.79 Å². The van der Waals surface area contributed by atoms with Crippen molar-refractivity contribution in [3.05, 3.63) is 65.7 Å². The molecule has 0 saturated carbocycles. The van der Waals surface area contributed by atoms with Crippen molar-refractivity contribution >= 4 is 24.0 Å². The number of benzene rings is 2. The van der Waals surface area contributed by atoms with E-state index in [0.29, 0.717) is 31.9 Å². The molecule has 0 aliphatic carbocycles. The summed E-state index contributed by atoms with van der Waals surface area (Å²) in [7, 11) is 0. The predicted molar refractivity (Wildman–Crippen MR) is 100 cm³/mol. The van der Waals surface area contributed by atoms with E-state index in [1.165, 1.54) is 5.56 Å². The second-order valence-electron chi connectivity index (χ2n) is 5.47. The van der Waals surface area contributed by atoms with Crippen molar-refractivity contribution in [3.8, 4) is 0 Å². The van der Waals surface area contributed by atoms with E-state index < -0.39 is 0 Å². The standard InChI is InChI=1S/C19H24N2O2.ClH/c20-18-9-7-17(8-10-18)15-19(22)21-12-4-13-23-14-11-16-5-2-1-3-6-16;/h1-3,5-10H,4,11-15,20H2,(H,21,22);1H. The zero-order chi connectivity index (χ0) is 16.3. The normalized spacial score (nSPS) is 10.0. The zero-order valence-corrected chi connectivity index (χ0v) is 14.6. The minimum absolute atomic E-state index is 0. The molecule has 2 aromatic rings. The van der Waals surface area contributed by atoms with Crippen LogP contribution in [0.2, 0.25) is 0 Å². The van der Waals surface area contributed by atoms with Gasteiger partial charge in [-0.25, -0.2) is 0 Å². The fraction of sp³-hybridized carbons (Fsp3) is 0.316. The molecular weight excluding hydrogens is 324 g/mol. The molecule has 0 radical (unpaired) electrons. The van der Waals surface area contributed by atoms with Crippen molar-refractivity contribution in [2.45, 2.75) is 19.3 Å². The van der Waals surface area contributed by atoms with Gasteiger partial charge in [0.05, 0.1) is 13.0 Å². The number of carbonyl (C=O) groups excluding carboxylic acids is 1. The van der Waals surface area contributed by atoms with Crippen LogP contribution in [0.1, 0.15) is 17.5 Å². The first kappa shape index (κ1) is 20.0. The lowest BCUT2D eigenvalue weighted by Gasteiger charge is -2.07. The largest absolute Gasteiger partial charge is 0.399 e. The lowest BCUT2D eigenvalue weighted by Crippen LogP contribution is -2.26. The van der Waals surface area contributed by atoms with Crippen LogP contribution in [0, 0.1) is 0 Å². The molecule has 0 aromatic heterocycles. The highest BCUT2D eigenvalue weighted by Crippen LogP contribution is 2.05. The molecule has 0 saturated heterocycles. The van der Waals surface area contributed by atoms with Crippen LogP contribution >= 0.6 is 12.4 Å². The van der Waals surface area contributed by atoms with Crippen LogP contribution in [0.25, 0.3) is 0 Å². The highest BCUT2D eigenvalue weighted by molar-refractivity contribution is 5.85. The Morgan fingerprint density at radius 2 is 1.67 bits per heavy atom. The number of anilines is 1. The third-order valence-corrected chi connectivity index (χ3v) is 3.51. The van der Waals surface area contributed by atoms with E-state index in [1.807, 2.05) is 42.5 Å². The number of nitrogens with two attached hydrogens (primary N) is 1. The van der Waals surface area contributed by atoms with Gasteiger partial charge in [-0.2, -0.15) is 0 Å². The highest BCUT2D eigenvalue weighted by Gasteiger charge is 2.02. The zero-order valence-electron chi connectivity index (χ0n) is 13.7. The van der Waals surface area contributed by atoms with Gasteiger partial charge in [-0.1, -0.05) is 42.5 Å². The molecule has 2 rings (SSSR count). The lowest BCUT2D eigenvalue weighted by molar-refractivity contribution is -0.120. The van der Waals surface area contributed by atoms with Gasteiger partial charge in [-0.15, -0.1) is 12.4 Å². The molecule has 5 heteroatoms. The number of amides is 1. The minimum atomic E-state index is 0. The molecule has 130 valence electrons. The second kappa shape index (κ2) is 11.5. The Kier molecular flexibility index (Phi) is 9.58. The van der Waals surface area contributed by atoms with Crippen LogP contribution in [-0.2, 0) is 22.4 Å². The van der Waals surface area contributed by atoms with Crippen LogP contribution < -0.4 is 11.1 Å². The van der Waals surface area contributed by atoms with E-state index >= 15 is 0 Å². The van der Waals surface area contributed by atoms with E-state index in [4.69, 9.17) is 10.5 Å². The second-order valence-corrected chi connectivity index (χ2v) is 5.47. The fourth-order valence-electron chi connectivity index (χ4n) is 2.22. The average molecular weight is 349 g/mol. The molecule has 0 bridgehead atoms. The highest BCUT2D eigenvalue weighted by atomic mass is 35.5. The summed E-state index contributed by atoms with van der Waals surface area (Å²) >= 11 is 0. The Hall–Kier alpha value is -2.04. The topological polar surface area (TPSA) is 64.4 Å². The first-order chi connectivity index (χ1) is 11.2. The monoisotopic (exact) mass is 348 g/mol. The third-order valence-electron chi connectivity index (χ3n) is 3.51. The lowest BCUT2D eigenvalue weighted by atomic mass is 10.1. The van der Waals surface area contributed by atoms with E-state index in [1.54, 1.807) is 0 Å². The number of halogens is 1. The Morgan fingerprint density at radius 1 is 0.958 bits per heavy atom. The van der Waals surface area contributed by atoms with Crippen molar-refractivity contribution in [2.75, 3.05) is 25.5 Å². The molecule has 2 aromatic carbocycles. The van der Waals surface area contributed by atoms with Crippen molar-refractivity contribution in [3.63, 3.8) is 0 Å². The molecule has 3 N–H and O–H groups in total. The van der Waals surface area contributed by atoms with Crippen LogP contribution in [-0.4, -0.2) is 25.7 Å². The summed E-state index contributed by atoms with van der Waals surface area (Å²) < 4.78 is 5.59. The summed E-state index contributed by atoms with van der Waals surface area (Å²) in [6.07, 6.45) is 2.13.